The zero-order valence-electron chi connectivity index (χ0n) is 6.52. The maximum atomic E-state index is 6.79. The lowest BCUT2D eigenvalue weighted by atomic mass is 10.1. The highest BCUT2D eigenvalue weighted by molar-refractivity contribution is 5.18. The van der Waals surface area contributed by atoms with Gasteiger partial charge in [-0.3, -0.25) is 0 Å². The SMILES string of the molecule is C.[C-]#[N+]C(=C(C)C)C(C)C. The molecule has 1 nitrogen and oxygen atoms in total. The molecule has 0 N–H and O–H groups in total. The van der Waals surface area contributed by atoms with E-state index in [2.05, 4.69) is 4.85 Å². The lowest BCUT2D eigenvalue weighted by molar-refractivity contribution is 0.778. The fourth-order valence-electron chi connectivity index (χ4n) is 0.818. The highest BCUT2D eigenvalue weighted by atomic mass is 14.7. The fraction of sp³-hybridized carbons (Fsp3) is 0.667. The van der Waals surface area contributed by atoms with Gasteiger partial charge in [-0.1, -0.05) is 40.7 Å². The Morgan fingerprint density at radius 3 is 1.70 bits per heavy atom. The van der Waals surface area contributed by atoms with Gasteiger partial charge in [-0.15, -0.1) is 0 Å². The van der Waals surface area contributed by atoms with Crippen molar-refractivity contribution in [2.24, 2.45) is 5.92 Å². The first-order valence-electron chi connectivity index (χ1n) is 3.14. The van der Waals surface area contributed by atoms with Crippen molar-refractivity contribution in [1.82, 2.24) is 0 Å². The Balaban J connectivity index is 0. The molecule has 1 heteroatoms. The Bertz CT molecular complexity index is 154. The first-order chi connectivity index (χ1) is 4.09. The minimum atomic E-state index is 0. The van der Waals surface area contributed by atoms with Gasteiger partial charge in [-0.2, -0.15) is 0 Å². The van der Waals surface area contributed by atoms with E-state index in [1.165, 1.54) is 0 Å². The second kappa shape index (κ2) is 5.05. The van der Waals surface area contributed by atoms with Gasteiger partial charge in [-0.05, 0) is 5.92 Å². The summed E-state index contributed by atoms with van der Waals surface area (Å²) < 4.78 is 0. The van der Waals surface area contributed by atoms with Gasteiger partial charge in [0, 0.05) is 0 Å². The van der Waals surface area contributed by atoms with Crippen molar-refractivity contribution in [2.75, 3.05) is 0 Å². The first kappa shape index (κ1) is 12.0. The van der Waals surface area contributed by atoms with Crippen molar-refractivity contribution in [3.05, 3.63) is 22.7 Å². The summed E-state index contributed by atoms with van der Waals surface area (Å²) in [5.74, 6) is 0.382. The average molecular weight is 139 g/mol. The summed E-state index contributed by atoms with van der Waals surface area (Å²) in [5.41, 5.74) is 2.04. The Morgan fingerprint density at radius 1 is 1.30 bits per heavy atom. The molecule has 0 aliphatic heterocycles. The third kappa shape index (κ3) is 3.29. The van der Waals surface area contributed by atoms with Gasteiger partial charge >= 0.3 is 0 Å². The second-order valence-electron chi connectivity index (χ2n) is 2.65. The van der Waals surface area contributed by atoms with Gasteiger partial charge in [0.15, 0.2) is 5.70 Å². The largest absolute Gasteiger partial charge is 0.242 e. The smallest absolute Gasteiger partial charge is 0.166 e. The summed E-state index contributed by atoms with van der Waals surface area (Å²) in [4.78, 5) is 3.42. The number of allylic oxidation sites excluding steroid dienone is 2. The van der Waals surface area contributed by atoms with Crippen LogP contribution in [0.4, 0.5) is 0 Å². The van der Waals surface area contributed by atoms with Crippen LogP contribution in [0.5, 0.6) is 0 Å². The van der Waals surface area contributed by atoms with Gasteiger partial charge in [-0.25, -0.2) is 4.85 Å². The van der Waals surface area contributed by atoms with Crippen molar-refractivity contribution in [3.8, 4) is 0 Å². The lowest BCUT2D eigenvalue weighted by Crippen LogP contribution is -1.90. The van der Waals surface area contributed by atoms with Gasteiger partial charge in [0.1, 0.15) is 0 Å². The van der Waals surface area contributed by atoms with Crippen LogP contribution in [-0.4, -0.2) is 0 Å². The molecule has 10 heavy (non-hydrogen) atoms. The third-order valence-electron chi connectivity index (χ3n) is 1.18. The van der Waals surface area contributed by atoms with Crippen LogP contribution in [-0.2, 0) is 0 Å². The van der Waals surface area contributed by atoms with Crippen molar-refractivity contribution in [2.45, 2.75) is 35.1 Å². The van der Waals surface area contributed by atoms with Crippen molar-refractivity contribution in [3.63, 3.8) is 0 Å². The van der Waals surface area contributed by atoms with Crippen molar-refractivity contribution in [1.29, 1.82) is 0 Å². The molecule has 0 amide bonds. The maximum Gasteiger partial charge on any atom is 0.166 e. The van der Waals surface area contributed by atoms with Gasteiger partial charge in [0.2, 0.25) is 0 Å². The van der Waals surface area contributed by atoms with Crippen LogP contribution in [0, 0.1) is 12.5 Å². The predicted octanol–water partition coefficient (Wildman–Crippen LogP) is 3.49. The molecule has 0 saturated heterocycles. The van der Waals surface area contributed by atoms with E-state index in [0.717, 1.165) is 11.3 Å². The quantitative estimate of drug-likeness (QED) is 0.490. The summed E-state index contributed by atoms with van der Waals surface area (Å²) >= 11 is 0. The Kier molecular flexibility index (Phi) is 6.04. The molecule has 0 aliphatic carbocycles. The normalized spacial score (nSPS) is 8.00. The van der Waals surface area contributed by atoms with E-state index in [1.807, 2.05) is 27.7 Å². The topological polar surface area (TPSA) is 4.36 Å². The fourth-order valence-corrected chi connectivity index (χ4v) is 0.818. The molecule has 0 bridgehead atoms. The predicted molar refractivity (Wildman–Crippen MR) is 46.5 cm³/mol. The second-order valence-corrected chi connectivity index (χ2v) is 2.65. The average Bonchev–Trinajstić information content (AvgIpc) is 1.64. The molecule has 0 fully saturated rings. The first-order valence-corrected chi connectivity index (χ1v) is 3.14. The number of nitrogens with zero attached hydrogens (tertiary/aromatic N) is 1. The zero-order valence-corrected chi connectivity index (χ0v) is 6.52. The van der Waals surface area contributed by atoms with E-state index in [4.69, 9.17) is 6.57 Å². The highest BCUT2D eigenvalue weighted by Crippen LogP contribution is 2.14. The molecule has 0 rings (SSSR count). The molecule has 0 heterocycles. The zero-order chi connectivity index (χ0) is 7.44. The van der Waals surface area contributed by atoms with Crippen LogP contribution < -0.4 is 0 Å². The van der Waals surface area contributed by atoms with E-state index in [9.17, 15) is 0 Å². The van der Waals surface area contributed by atoms with Crippen LogP contribution in [0.2, 0.25) is 0 Å². The van der Waals surface area contributed by atoms with Gasteiger partial charge in [0.05, 0.1) is 6.57 Å². The van der Waals surface area contributed by atoms with Crippen LogP contribution in [0.15, 0.2) is 11.3 Å². The Hall–Kier alpha value is -0.770. The summed E-state index contributed by atoms with van der Waals surface area (Å²) in [5, 5.41) is 0. The highest BCUT2D eigenvalue weighted by Gasteiger charge is 2.02. The van der Waals surface area contributed by atoms with E-state index < -0.39 is 0 Å². The number of hydrogen-bond acceptors (Lipinski definition) is 0. The minimum Gasteiger partial charge on any atom is -0.242 e. The Labute approximate surface area is 64.6 Å². The minimum absolute atomic E-state index is 0. The van der Waals surface area contributed by atoms with Crippen molar-refractivity contribution < 1.29 is 0 Å². The summed E-state index contributed by atoms with van der Waals surface area (Å²) in [6, 6.07) is 0. The molecular weight excluding hydrogens is 122 g/mol. The van der Waals surface area contributed by atoms with Gasteiger partial charge in [0.25, 0.3) is 0 Å². The molecule has 0 aliphatic rings. The monoisotopic (exact) mass is 139 g/mol. The molecular formula is C9H17N. The number of rotatable bonds is 1. The molecule has 0 atom stereocenters. The van der Waals surface area contributed by atoms with Crippen LogP contribution in [0.3, 0.4) is 0 Å². The lowest BCUT2D eigenvalue weighted by Gasteiger charge is -2.02. The standard InChI is InChI=1S/C8H13N.CH4/c1-6(2)8(9-5)7(3)4;/h6H,1-4H3;1H4. The molecule has 0 aromatic heterocycles. The third-order valence-corrected chi connectivity index (χ3v) is 1.18. The van der Waals surface area contributed by atoms with Crippen LogP contribution in [0.25, 0.3) is 4.85 Å². The van der Waals surface area contributed by atoms with Crippen LogP contribution in [0.1, 0.15) is 35.1 Å². The van der Waals surface area contributed by atoms with E-state index in [0.29, 0.717) is 5.92 Å². The van der Waals surface area contributed by atoms with Crippen LogP contribution >= 0.6 is 0 Å². The summed E-state index contributed by atoms with van der Waals surface area (Å²) in [6.07, 6.45) is 0. The van der Waals surface area contributed by atoms with Gasteiger partial charge < -0.3 is 0 Å². The van der Waals surface area contributed by atoms with E-state index in [1.54, 1.807) is 0 Å². The van der Waals surface area contributed by atoms with E-state index in [-0.39, 0.29) is 7.43 Å². The molecule has 0 aromatic rings. The molecule has 58 valence electrons. The molecule has 0 saturated carbocycles. The molecule has 0 unspecified atom stereocenters. The molecule has 0 radical (unpaired) electrons. The van der Waals surface area contributed by atoms with Crippen molar-refractivity contribution >= 4 is 0 Å². The van der Waals surface area contributed by atoms with E-state index >= 15 is 0 Å². The Morgan fingerprint density at radius 2 is 1.70 bits per heavy atom. The molecule has 0 spiro atoms. The number of hydrogen-bond donors (Lipinski definition) is 0. The molecule has 0 aromatic carbocycles. The summed E-state index contributed by atoms with van der Waals surface area (Å²) in [7, 11) is 0. The summed E-state index contributed by atoms with van der Waals surface area (Å²) in [6.45, 7) is 14.8. The maximum absolute atomic E-state index is 6.79.